The summed E-state index contributed by atoms with van der Waals surface area (Å²) in [5.74, 6) is 0.822. The Morgan fingerprint density at radius 3 is 2.59 bits per heavy atom. The summed E-state index contributed by atoms with van der Waals surface area (Å²) < 4.78 is 14.4. The summed E-state index contributed by atoms with van der Waals surface area (Å²) in [4.78, 5) is 16.4. The molecule has 0 radical (unpaired) electrons. The molecule has 0 spiro atoms. The van der Waals surface area contributed by atoms with E-state index >= 15 is 0 Å². The van der Waals surface area contributed by atoms with Gasteiger partial charge in [0.2, 0.25) is 5.78 Å². The lowest BCUT2D eigenvalue weighted by Gasteiger charge is -2.38. The van der Waals surface area contributed by atoms with Crippen LogP contribution in [-0.2, 0) is 4.74 Å². The number of carbonyl (C=O) groups excluding carboxylic acids is 1. The van der Waals surface area contributed by atoms with E-state index < -0.39 is 6.10 Å². The van der Waals surface area contributed by atoms with Crippen LogP contribution in [0.3, 0.4) is 0 Å². The lowest BCUT2D eigenvalue weighted by atomic mass is 9.94. The number of morpholine rings is 1. The van der Waals surface area contributed by atoms with Crippen molar-refractivity contribution in [3.8, 4) is 5.75 Å². The summed E-state index contributed by atoms with van der Waals surface area (Å²) in [6.45, 7) is 6.08. The number of carbonyl (C=O) groups is 1. The van der Waals surface area contributed by atoms with Crippen LogP contribution in [0.2, 0.25) is 0 Å². The molecule has 162 valence electrons. The maximum Gasteiger partial charge on any atom is 0.206 e. The average Bonchev–Trinajstić information content (AvgIpc) is 3.18. The first-order chi connectivity index (χ1) is 15.7. The molecule has 0 unspecified atom stereocenters. The molecule has 5 nitrogen and oxygen atoms in total. The van der Waals surface area contributed by atoms with Crippen molar-refractivity contribution >= 4 is 27.5 Å². The zero-order chi connectivity index (χ0) is 21.7. The minimum Gasteiger partial charge on any atom is -0.478 e. The molecule has 3 heterocycles. The normalized spacial score (nSPS) is 21.0. The number of Topliss-reactive ketones (excluding diaryl/α,β-unsaturated/α-hetero) is 1. The Balaban J connectivity index is 1.47. The van der Waals surface area contributed by atoms with E-state index in [9.17, 15) is 4.79 Å². The molecule has 1 aromatic heterocycles. The Morgan fingerprint density at radius 1 is 0.969 bits per heavy atom. The van der Waals surface area contributed by atoms with Crippen molar-refractivity contribution in [1.29, 1.82) is 0 Å². The molecule has 5 heteroatoms. The minimum absolute atomic E-state index is 0.0378. The molecule has 2 aliphatic rings. The molecular weight excluding hydrogens is 400 g/mol. The molecule has 0 N–H and O–H groups in total. The van der Waals surface area contributed by atoms with Gasteiger partial charge in [0.05, 0.1) is 24.8 Å². The van der Waals surface area contributed by atoms with Gasteiger partial charge in [-0.3, -0.25) is 9.69 Å². The monoisotopic (exact) mass is 426 g/mol. The highest BCUT2D eigenvalue weighted by Crippen LogP contribution is 2.40. The number of hydrogen-bond donors (Lipinski definition) is 0. The van der Waals surface area contributed by atoms with Gasteiger partial charge >= 0.3 is 0 Å². The molecule has 1 saturated heterocycles. The third kappa shape index (κ3) is 3.12. The molecule has 3 aromatic carbocycles. The SMILES string of the molecule is Cc1cc2cccc3c2n1[C@@H](CN1CCOCC1)[C@@H](C(=O)c1cccc2ccccc12)O3. The predicted molar refractivity (Wildman–Crippen MR) is 126 cm³/mol. The molecule has 0 aliphatic carbocycles. The van der Waals surface area contributed by atoms with Gasteiger partial charge in [-0.1, -0.05) is 54.6 Å². The molecule has 2 atom stereocenters. The third-order valence-corrected chi connectivity index (χ3v) is 6.81. The number of aryl methyl sites for hydroxylation is 1. The predicted octanol–water partition coefficient (Wildman–Crippen LogP) is 4.62. The number of para-hydroxylation sites is 1. The number of rotatable bonds is 4. The van der Waals surface area contributed by atoms with Crippen LogP contribution in [0.15, 0.2) is 66.7 Å². The summed E-state index contributed by atoms with van der Waals surface area (Å²) in [5.41, 5.74) is 2.97. The maximum absolute atomic E-state index is 14.0. The van der Waals surface area contributed by atoms with Gasteiger partial charge in [-0.15, -0.1) is 0 Å². The van der Waals surface area contributed by atoms with Gasteiger partial charge in [-0.2, -0.15) is 0 Å². The third-order valence-electron chi connectivity index (χ3n) is 6.81. The molecular formula is C27H26N2O3. The van der Waals surface area contributed by atoms with Gasteiger partial charge in [0, 0.05) is 36.3 Å². The molecule has 0 amide bonds. The van der Waals surface area contributed by atoms with Gasteiger partial charge in [0.15, 0.2) is 6.10 Å². The van der Waals surface area contributed by atoms with E-state index in [0.29, 0.717) is 0 Å². The van der Waals surface area contributed by atoms with Gasteiger partial charge in [0.25, 0.3) is 0 Å². The fourth-order valence-corrected chi connectivity index (χ4v) is 5.31. The van der Waals surface area contributed by atoms with Crippen LogP contribution in [0, 0.1) is 6.92 Å². The molecule has 4 aromatic rings. The quantitative estimate of drug-likeness (QED) is 0.447. The zero-order valence-corrected chi connectivity index (χ0v) is 18.2. The number of nitrogens with zero attached hydrogens (tertiary/aromatic N) is 2. The fourth-order valence-electron chi connectivity index (χ4n) is 5.31. The fraction of sp³-hybridized carbons (Fsp3) is 0.296. The van der Waals surface area contributed by atoms with Crippen LogP contribution in [0.1, 0.15) is 22.1 Å². The molecule has 2 aliphatic heterocycles. The van der Waals surface area contributed by atoms with Crippen molar-refractivity contribution in [2.45, 2.75) is 19.1 Å². The Kier molecular flexibility index (Phi) is 4.74. The molecule has 0 bridgehead atoms. The van der Waals surface area contributed by atoms with E-state index in [1.54, 1.807) is 0 Å². The van der Waals surface area contributed by atoms with Crippen molar-refractivity contribution in [2.24, 2.45) is 0 Å². The first-order valence-electron chi connectivity index (χ1n) is 11.3. The first-order valence-corrected chi connectivity index (χ1v) is 11.3. The lowest BCUT2D eigenvalue weighted by Crippen LogP contribution is -2.48. The second-order valence-electron chi connectivity index (χ2n) is 8.76. The highest BCUT2D eigenvalue weighted by atomic mass is 16.5. The van der Waals surface area contributed by atoms with E-state index in [1.807, 2.05) is 54.6 Å². The Morgan fingerprint density at radius 2 is 1.72 bits per heavy atom. The van der Waals surface area contributed by atoms with Crippen molar-refractivity contribution in [1.82, 2.24) is 9.47 Å². The summed E-state index contributed by atoms with van der Waals surface area (Å²) in [7, 11) is 0. The minimum atomic E-state index is -0.590. The second-order valence-corrected chi connectivity index (χ2v) is 8.76. The van der Waals surface area contributed by atoms with Crippen LogP contribution in [0.5, 0.6) is 5.75 Å². The van der Waals surface area contributed by atoms with Crippen LogP contribution >= 0.6 is 0 Å². The summed E-state index contributed by atoms with van der Waals surface area (Å²) in [5, 5.41) is 3.20. The highest BCUT2D eigenvalue weighted by molar-refractivity contribution is 6.10. The number of ether oxygens (including phenoxy) is 2. The number of ketones is 1. The number of aromatic nitrogens is 1. The van der Waals surface area contributed by atoms with Crippen LogP contribution in [0.25, 0.3) is 21.7 Å². The van der Waals surface area contributed by atoms with Crippen LogP contribution < -0.4 is 4.74 Å². The van der Waals surface area contributed by atoms with E-state index in [4.69, 9.17) is 9.47 Å². The Bertz CT molecular complexity index is 1310. The summed E-state index contributed by atoms with van der Waals surface area (Å²) in [6, 6.07) is 22.2. The van der Waals surface area contributed by atoms with E-state index in [2.05, 4.69) is 28.5 Å². The van der Waals surface area contributed by atoms with Gasteiger partial charge < -0.3 is 14.0 Å². The second kappa shape index (κ2) is 7.76. The lowest BCUT2D eigenvalue weighted by molar-refractivity contribution is 0.0175. The average molecular weight is 427 g/mol. The number of hydrogen-bond acceptors (Lipinski definition) is 4. The van der Waals surface area contributed by atoms with Gasteiger partial charge in [0.1, 0.15) is 5.75 Å². The Labute approximate surface area is 187 Å². The number of benzene rings is 3. The number of fused-ring (bicyclic) bond motifs is 1. The summed E-state index contributed by atoms with van der Waals surface area (Å²) >= 11 is 0. The van der Waals surface area contributed by atoms with Gasteiger partial charge in [-0.25, -0.2) is 0 Å². The Hall–Kier alpha value is -3.15. The largest absolute Gasteiger partial charge is 0.478 e. The topological polar surface area (TPSA) is 43.7 Å². The highest BCUT2D eigenvalue weighted by Gasteiger charge is 2.39. The van der Waals surface area contributed by atoms with Crippen LogP contribution in [-0.4, -0.2) is 54.2 Å². The van der Waals surface area contributed by atoms with Crippen LogP contribution in [0.4, 0.5) is 0 Å². The van der Waals surface area contributed by atoms with Crippen molar-refractivity contribution in [3.63, 3.8) is 0 Å². The van der Waals surface area contributed by atoms with E-state index in [-0.39, 0.29) is 11.8 Å². The first kappa shape index (κ1) is 19.5. The standard InChI is InChI=1S/C27H26N2O3/c1-18-16-20-8-5-11-24-25(20)29(18)23(17-28-12-14-31-15-13-28)27(32-24)26(30)22-10-4-7-19-6-2-3-9-21(19)22/h2-11,16,23,27H,12-15,17H2,1H3/t23-,27-/m0/s1. The molecule has 1 fully saturated rings. The van der Waals surface area contributed by atoms with Crippen molar-refractivity contribution < 1.29 is 14.3 Å². The maximum atomic E-state index is 14.0. The molecule has 6 rings (SSSR count). The molecule has 32 heavy (non-hydrogen) atoms. The summed E-state index contributed by atoms with van der Waals surface area (Å²) in [6.07, 6.45) is -0.590. The zero-order valence-electron chi connectivity index (χ0n) is 18.2. The van der Waals surface area contributed by atoms with Crippen molar-refractivity contribution in [3.05, 3.63) is 78.0 Å². The smallest absolute Gasteiger partial charge is 0.206 e. The molecule has 0 saturated carbocycles. The van der Waals surface area contributed by atoms with Gasteiger partial charge in [-0.05, 0) is 29.8 Å². The van der Waals surface area contributed by atoms with E-state index in [1.165, 1.54) is 0 Å². The van der Waals surface area contributed by atoms with Crippen molar-refractivity contribution in [2.75, 3.05) is 32.8 Å². The van der Waals surface area contributed by atoms with E-state index in [0.717, 1.165) is 71.5 Å².